The number of halogens is 2. The molecular formula is C15H12F2N2. The van der Waals surface area contributed by atoms with E-state index < -0.39 is 11.6 Å². The molecule has 0 heterocycles. The summed E-state index contributed by atoms with van der Waals surface area (Å²) in [5.74, 6) is -0.897. The van der Waals surface area contributed by atoms with Crippen molar-refractivity contribution >= 4 is 0 Å². The van der Waals surface area contributed by atoms with Gasteiger partial charge >= 0.3 is 0 Å². The lowest BCUT2D eigenvalue weighted by atomic mass is 9.98. The highest BCUT2D eigenvalue weighted by Crippen LogP contribution is 2.26. The second-order valence-corrected chi connectivity index (χ2v) is 4.17. The third-order valence-corrected chi connectivity index (χ3v) is 2.78. The fraction of sp³-hybridized carbons (Fsp3) is 0.133. The Morgan fingerprint density at radius 2 is 1.89 bits per heavy atom. The Morgan fingerprint density at radius 1 is 1.11 bits per heavy atom. The van der Waals surface area contributed by atoms with Crippen LogP contribution in [0.4, 0.5) is 8.78 Å². The fourth-order valence-electron chi connectivity index (χ4n) is 1.97. The van der Waals surface area contributed by atoms with Gasteiger partial charge in [0.1, 0.15) is 11.6 Å². The van der Waals surface area contributed by atoms with Gasteiger partial charge in [0, 0.05) is 6.54 Å². The lowest BCUT2D eigenvalue weighted by Crippen LogP contribution is -2.06. The van der Waals surface area contributed by atoms with Crippen LogP contribution in [0.3, 0.4) is 0 Å². The molecule has 1 N–H and O–H groups in total. The Kier molecular flexibility index (Phi) is 3.88. The molecule has 0 aliphatic heterocycles. The molecule has 0 atom stereocenters. The van der Waals surface area contributed by atoms with Crippen molar-refractivity contribution in [3.63, 3.8) is 0 Å². The summed E-state index contributed by atoms with van der Waals surface area (Å²) in [6, 6.07) is 10.3. The lowest BCUT2D eigenvalue weighted by molar-refractivity contribution is 0.624. The third-order valence-electron chi connectivity index (χ3n) is 2.78. The van der Waals surface area contributed by atoms with Crippen molar-refractivity contribution in [3.8, 4) is 17.2 Å². The third kappa shape index (κ3) is 2.95. The maximum atomic E-state index is 13.5. The van der Waals surface area contributed by atoms with E-state index in [4.69, 9.17) is 5.26 Å². The summed E-state index contributed by atoms with van der Waals surface area (Å²) in [6.45, 7) is 0.536. The molecule has 0 saturated heterocycles. The van der Waals surface area contributed by atoms with Crippen LogP contribution in [0.25, 0.3) is 11.1 Å². The summed E-state index contributed by atoms with van der Waals surface area (Å²) in [6.07, 6.45) is 0. The minimum Gasteiger partial charge on any atom is -0.316 e. The minimum atomic E-state index is -0.506. The highest BCUT2D eigenvalue weighted by atomic mass is 19.1. The van der Waals surface area contributed by atoms with Crippen LogP contribution < -0.4 is 5.32 Å². The van der Waals surface area contributed by atoms with E-state index in [2.05, 4.69) is 5.32 Å². The minimum absolute atomic E-state index is 0.217. The maximum absolute atomic E-state index is 13.5. The summed E-state index contributed by atoms with van der Waals surface area (Å²) < 4.78 is 26.8. The van der Waals surface area contributed by atoms with Crippen molar-refractivity contribution < 1.29 is 8.78 Å². The number of hydrogen-bond donors (Lipinski definition) is 1. The van der Waals surface area contributed by atoms with Gasteiger partial charge in [-0.15, -0.1) is 0 Å². The van der Waals surface area contributed by atoms with E-state index >= 15 is 0 Å². The van der Waals surface area contributed by atoms with Gasteiger partial charge in [-0.3, -0.25) is 0 Å². The van der Waals surface area contributed by atoms with Crippen LogP contribution in [-0.4, -0.2) is 7.05 Å². The number of hydrogen-bond acceptors (Lipinski definition) is 2. The second-order valence-electron chi connectivity index (χ2n) is 4.17. The van der Waals surface area contributed by atoms with E-state index in [0.29, 0.717) is 17.7 Å². The standard InChI is InChI=1S/C15H12F2N2/c1-19-9-11-2-3-13(16)7-15(11)12-4-10(8-18)5-14(17)6-12/h2-7,19H,9H2,1H3. The first-order valence-electron chi connectivity index (χ1n) is 5.78. The molecule has 19 heavy (non-hydrogen) atoms. The van der Waals surface area contributed by atoms with E-state index in [1.54, 1.807) is 19.2 Å². The molecule has 0 saturated carbocycles. The van der Waals surface area contributed by atoms with Crippen molar-refractivity contribution in [1.82, 2.24) is 5.32 Å². The van der Waals surface area contributed by atoms with Gasteiger partial charge in [0.15, 0.2) is 0 Å². The number of nitrogens with one attached hydrogen (secondary N) is 1. The van der Waals surface area contributed by atoms with Crippen molar-refractivity contribution in [1.29, 1.82) is 5.26 Å². The van der Waals surface area contributed by atoms with Gasteiger partial charge in [-0.25, -0.2) is 8.78 Å². The van der Waals surface area contributed by atoms with Crippen molar-refractivity contribution in [2.24, 2.45) is 0 Å². The molecule has 2 rings (SSSR count). The summed E-state index contributed by atoms with van der Waals surface area (Å²) in [7, 11) is 1.78. The number of rotatable bonds is 3. The van der Waals surface area contributed by atoms with Crippen molar-refractivity contribution in [2.45, 2.75) is 6.54 Å². The van der Waals surface area contributed by atoms with Crippen molar-refractivity contribution in [2.75, 3.05) is 7.05 Å². The first-order chi connectivity index (χ1) is 9.13. The fourth-order valence-corrected chi connectivity index (χ4v) is 1.97. The number of nitriles is 1. The first kappa shape index (κ1) is 13.2. The quantitative estimate of drug-likeness (QED) is 0.917. The molecule has 0 aromatic heterocycles. The van der Waals surface area contributed by atoms with Gasteiger partial charge in [-0.05, 0) is 54.1 Å². The number of benzene rings is 2. The zero-order valence-electron chi connectivity index (χ0n) is 10.4. The Balaban J connectivity index is 2.60. The van der Waals surface area contributed by atoms with Gasteiger partial charge in [0.2, 0.25) is 0 Å². The molecule has 96 valence electrons. The molecule has 0 aliphatic rings. The molecule has 0 unspecified atom stereocenters. The molecule has 4 heteroatoms. The highest BCUT2D eigenvalue weighted by Gasteiger charge is 2.09. The molecule has 0 fully saturated rings. The van der Waals surface area contributed by atoms with Crippen LogP contribution in [0.2, 0.25) is 0 Å². The smallest absolute Gasteiger partial charge is 0.125 e. The van der Waals surface area contributed by atoms with Crippen LogP contribution in [0.15, 0.2) is 36.4 Å². The van der Waals surface area contributed by atoms with Gasteiger partial charge in [-0.1, -0.05) is 6.07 Å². The van der Waals surface area contributed by atoms with Crippen molar-refractivity contribution in [3.05, 3.63) is 59.2 Å². The molecule has 0 amide bonds. The lowest BCUT2D eigenvalue weighted by Gasteiger charge is -2.10. The number of nitrogens with zero attached hydrogens (tertiary/aromatic N) is 1. The second kappa shape index (κ2) is 5.59. The molecule has 0 bridgehead atoms. The predicted octanol–water partition coefficient (Wildman–Crippen LogP) is 3.22. The van der Waals surface area contributed by atoms with Gasteiger partial charge in [0.05, 0.1) is 11.6 Å². The highest BCUT2D eigenvalue weighted by molar-refractivity contribution is 5.69. The first-order valence-corrected chi connectivity index (χ1v) is 5.78. The Labute approximate surface area is 110 Å². The van der Waals surface area contributed by atoms with E-state index in [-0.39, 0.29) is 5.56 Å². The molecule has 2 nitrogen and oxygen atoms in total. The molecule has 0 aliphatic carbocycles. The van der Waals surface area contributed by atoms with Gasteiger partial charge in [0.25, 0.3) is 0 Å². The van der Waals surface area contributed by atoms with Crippen LogP contribution >= 0.6 is 0 Å². The van der Waals surface area contributed by atoms with E-state index in [0.717, 1.165) is 11.6 Å². The SMILES string of the molecule is CNCc1ccc(F)cc1-c1cc(F)cc(C#N)c1. The molecule has 2 aromatic carbocycles. The zero-order valence-corrected chi connectivity index (χ0v) is 10.4. The summed E-state index contributed by atoms with van der Waals surface area (Å²) in [5, 5.41) is 11.8. The topological polar surface area (TPSA) is 35.8 Å². The molecule has 0 spiro atoms. The largest absolute Gasteiger partial charge is 0.316 e. The van der Waals surface area contributed by atoms with E-state index in [1.165, 1.54) is 18.2 Å². The molecular weight excluding hydrogens is 246 g/mol. The maximum Gasteiger partial charge on any atom is 0.125 e. The zero-order chi connectivity index (χ0) is 13.8. The predicted molar refractivity (Wildman–Crippen MR) is 69.3 cm³/mol. The summed E-state index contributed by atoms with van der Waals surface area (Å²) >= 11 is 0. The van der Waals surface area contributed by atoms with Crippen LogP contribution in [0, 0.1) is 23.0 Å². The monoisotopic (exact) mass is 258 g/mol. The molecule has 2 aromatic rings. The Hall–Kier alpha value is -2.25. The van der Waals surface area contributed by atoms with Crippen LogP contribution in [0.5, 0.6) is 0 Å². The Bertz CT molecular complexity index is 645. The van der Waals surface area contributed by atoms with Crippen LogP contribution in [0.1, 0.15) is 11.1 Å². The van der Waals surface area contributed by atoms with Crippen LogP contribution in [-0.2, 0) is 6.54 Å². The summed E-state index contributed by atoms with van der Waals surface area (Å²) in [5.41, 5.74) is 2.15. The Morgan fingerprint density at radius 3 is 2.58 bits per heavy atom. The average Bonchev–Trinajstić information content (AvgIpc) is 2.40. The summed E-state index contributed by atoms with van der Waals surface area (Å²) in [4.78, 5) is 0. The molecule has 0 radical (unpaired) electrons. The normalized spacial score (nSPS) is 10.2. The van der Waals surface area contributed by atoms with E-state index in [1.807, 2.05) is 6.07 Å². The van der Waals surface area contributed by atoms with Gasteiger partial charge in [-0.2, -0.15) is 5.26 Å². The average molecular weight is 258 g/mol. The van der Waals surface area contributed by atoms with E-state index in [9.17, 15) is 8.78 Å². The van der Waals surface area contributed by atoms with Gasteiger partial charge < -0.3 is 5.32 Å².